The highest BCUT2D eigenvalue weighted by Crippen LogP contribution is 2.31. The van der Waals surface area contributed by atoms with Gasteiger partial charge in [0.15, 0.2) is 0 Å². The second kappa shape index (κ2) is 7.59. The zero-order valence-corrected chi connectivity index (χ0v) is 13.3. The SMILES string of the molecule is CCC1CCC(CNc2cccc(SC)c2C#N)CC1. The van der Waals surface area contributed by atoms with Gasteiger partial charge in [-0.2, -0.15) is 5.26 Å². The summed E-state index contributed by atoms with van der Waals surface area (Å²) in [5.74, 6) is 1.71. The van der Waals surface area contributed by atoms with Gasteiger partial charge in [-0.05, 0) is 43.1 Å². The molecule has 1 aromatic rings. The lowest BCUT2D eigenvalue weighted by molar-refractivity contribution is 0.278. The fourth-order valence-electron chi connectivity index (χ4n) is 3.06. The van der Waals surface area contributed by atoms with Gasteiger partial charge in [0.1, 0.15) is 6.07 Å². The summed E-state index contributed by atoms with van der Waals surface area (Å²) in [6.07, 6.45) is 8.75. The molecule has 2 rings (SSSR count). The van der Waals surface area contributed by atoms with Gasteiger partial charge in [-0.1, -0.05) is 32.3 Å². The van der Waals surface area contributed by atoms with Crippen molar-refractivity contribution in [2.75, 3.05) is 18.1 Å². The van der Waals surface area contributed by atoms with Crippen molar-refractivity contribution in [1.29, 1.82) is 5.26 Å². The standard InChI is InChI=1S/C17H24N2S/c1-3-13-7-9-14(10-8-13)12-19-16-5-4-6-17(20-2)15(16)11-18/h4-6,13-14,19H,3,7-10,12H2,1-2H3. The summed E-state index contributed by atoms with van der Waals surface area (Å²) >= 11 is 1.64. The van der Waals surface area contributed by atoms with Gasteiger partial charge in [0.05, 0.1) is 11.3 Å². The Hall–Kier alpha value is -1.14. The van der Waals surface area contributed by atoms with Crippen LogP contribution in [-0.2, 0) is 0 Å². The van der Waals surface area contributed by atoms with E-state index in [1.807, 2.05) is 24.5 Å². The summed E-state index contributed by atoms with van der Waals surface area (Å²) in [5.41, 5.74) is 1.79. The number of nitrogens with zero attached hydrogens (tertiary/aromatic N) is 1. The quantitative estimate of drug-likeness (QED) is 0.782. The lowest BCUT2D eigenvalue weighted by Crippen LogP contribution is -2.21. The smallest absolute Gasteiger partial charge is 0.102 e. The zero-order valence-electron chi connectivity index (χ0n) is 12.5. The van der Waals surface area contributed by atoms with Crippen LogP contribution in [0.1, 0.15) is 44.6 Å². The van der Waals surface area contributed by atoms with Crippen molar-refractivity contribution in [2.24, 2.45) is 11.8 Å². The molecule has 1 saturated carbocycles. The molecule has 0 radical (unpaired) electrons. The van der Waals surface area contributed by atoms with Gasteiger partial charge in [-0.25, -0.2) is 0 Å². The molecule has 0 spiro atoms. The molecule has 3 heteroatoms. The molecule has 0 unspecified atom stereocenters. The van der Waals surface area contributed by atoms with Crippen LogP contribution in [0.5, 0.6) is 0 Å². The van der Waals surface area contributed by atoms with Crippen LogP contribution < -0.4 is 5.32 Å². The van der Waals surface area contributed by atoms with E-state index >= 15 is 0 Å². The van der Waals surface area contributed by atoms with Crippen molar-refractivity contribution in [3.63, 3.8) is 0 Å². The summed E-state index contributed by atoms with van der Waals surface area (Å²) in [6, 6.07) is 8.40. The highest BCUT2D eigenvalue weighted by molar-refractivity contribution is 7.98. The van der Waals surface area contributed by atoms with E-state index in [0.29, 0.717) is 0 Å². The Morgan fingerprint density at radius 3 is 2.55 bits per heavy atom. The predicted molar refractivity (Wildman–Crippen MR) is 87.2 cm³/mol. The van der Waals surface area contributed by atoms with Gasteiger partial charge in [-0.3, -0.25) is 0 Å². The number of hydrogen-bond acceptors (Lipinski definition) is 3. The molecule has 0 aliphatic heterocycles. The van der Waals surface area contributed by atoms with Crippen LogP contribution in [0, 0.1) is 23.2 Å². The minimum absolute atomic E-state index is 0.766. The van der Waals surface area contributed by atoms with E-state index in [0.717, 1.165) is 34.5 Å². The first kappa shape index (κ1) is 15.3. The predicted octanol–water partition coefficient (Wildman–Crippen LogP) is 4.91. The van der Waals surface area contributed by atoms with Crippen LogP contribution >= 0.6 is 11.8 Å². The van der Waals surface area contributed by atoms with E-state index in [-0.39, 0.29) is 0 Å². The second-order valence-electron chi connectivity index (χ2n) is 5.67. The third-order valence-electron chi connectivity index (χ3n) is 4.48. The first-order valence-electron chi connectivity index (χ1n) is 7.59. The number of nitriles is 1. The fourth-order valence-corrected chi connectivity index (χ4v) is 3.64. The van der Waals surface area contributed by atoms with E-state index in [9.17, 15) is 5.26 Å². The molecule has 1 aliphatic carbocycles. The summed E-state index contributed by atoms with van der Waals surface area (Å²) < 4.78 is 0. The molecule has 20 heavy (non-hydrogen) atoms. The molecule has 0 aromatic heterocycles. The van der Waals surface area contributed by atoms with Crippen LogP contribution in [0.25, 0.3) is 0 Å². The molecule has 108 valence electrons. The maximum absolute atomic E-state index is 9.33. The number of nitrogens with one attached hydrogen (secondary N) is 1. The number of thioether (sulfide) groups is 1. The molecule has 1 aliphatic rings. The number of benzene rings is 1. The molecule has 1 N–H and O–H groups in total. The maximum atomic E-state index is 9.33. The fraction of sp³-hybridized carbons (Fsp3) is 0.588. The van der Waals surface area contributed by atoms with Gasteiger partial charge < -0.3 is 5.32 Å². The molecule has 0 heterocycles. The van der Waals surface area contributed by atoms with Gasteiger partial charge in [0.2, 0.25) is 0 Å². The normalized spacial score (nSPS) is 22.2. The molecular weight excluding hydrogens is 264 g/mol. The Kier molecular flexibility index (Phi) is 5.79. The molecule has 0 bridgehead atoms. The average molecular weight is 288 g/mol. The number of hydrogen-bond donors (Lipinski definition) is 1. The van der Waals surface area contributed by atoms with E-state index in [1.165, 1.54) is 32.1 Å². The number of rotatable bonds is 5. The highest BCUT2D eigenvalue weighted by atomic mass is 32.2. The Bertz CT molecular complexity index is 470. The minimum Gasteiger partial charge on any atom is -0.384 e. The van der Waals surface area contributed by atoms with Gasteiger partial charge in [0.25, 0.3) is 0 Å². The van der Waals surface area contributed by atoms with E-state index in [1.54, 1.807) is 11.8 Å². The largest absolute Gasteiger partial charge is 0.384 e. The van der Waals surface area contributed by atoms with Crippen molar-refractivity contribution < 1.29 is 0 Å². The van der Waals surface area contributed by atoms with Crippen molar-refractivity contribution >= 4 is 17.4 Å². The highest BCUT2D eigenvalue weighted by Gasteiger charge is 2.20. The topological polar surface area (TPSA) is 35.8 Å². The summed E-state index contributed by atoms with van der Waals surface area (Å²) in [7, 11) is 0. The Balaban J connectivity index is 1.93. The van der Waals surface area contributed by atoms with Crippen LogP contribution in [0.2, 0.25) is 0 Å². The molecule has 0 saturated heterocycles. The summed E-state index contributed by atoms with van der Waals surface area (Å²) in [6.45, 7) is 3.30. The first-order valence-corrected chi connectivity index (χ1v) is 8.81. The summed E-state index contributed by atoms with van der Waals surface area (Å²) in [5, 5.41) is 12.8. The van der Waals surface area contributed by atoms with E-state index < -0.39 is 0 Å². The van der Waals surface area contributed by atoms with Crippen molar-refractivity contribution in [2.45, 2.75) is 43.9 Å². The minimum atomic E-state index is 0.766. The van der Waals surface area contributed by atoms with Crippen molar-refractivity contribution in [3.8, 4) is 6.07 Å². The molecule has 2 nitrogen and oxygen atoms in total. The molecular formula is C17H24N2S. The molecule has 0 atom stereocenters. The van der Waals surface area contributed by atoms with Crippen LogP contribution in [0.4, 0.5) is 5.69 Å². The van der Waals surface area contributed by atoms with Crippen molar-refractivity contribution in [3.05, 3.63) is 23.8 Å². The Morgan fingerprint density at radius 2 is 1.95 bits per heavy atom. The lowest BCUT2D eigenvalue weighted by Gasteiger charge is -2.28. The molecule has 1 fully saturated rings. The first-order chi connectivity index (χ1) is 9.78. The third-order valence-corrected chi connectivity index (χ3v) is 5.26. The summed E-state index contributed by atoms with van der Waals surface area (Å²) in [4.78, 5) is 1.06. The van der Waals surface area contributed by atoms with Gasteiger partial charge in [0, 0.05) is 11.4 Å². The van der Waals surface area contributed by atoms with Crippen LogP contribution in [0.15, 0.2) is 23.1 Å². The second-order valence-corrected chi connectivity index (χ2v) is 6.52. The Labute approximate surface area is 127 Å². The zero-order chi connectivity index (χ0) is 14.4. The van der Waals surface area contributed by atoms with Gasteiger partial charge in [-0.15, -0.1) is 11.8 Å². The van der Waals surface area contributed by atoms with Crippen LogP contribution in [0.3, 0.4) is 0 Å². The lowest BCUT2D eigenvalue weighted by atomic mass is 9.81. The molecule has 1 aromatic carbocycles. The third kappa shape index (κ3) is 3.70. The van der Waals surface area contributed by atoms with E-state index in [4.69, 9.17) is 0 Å². The molecule has 0 amide bonds. The van der Waals surface area contributed by atoms with E-state index in [2.05, 4.69) is 18.3 Å². The van der Waals surface area contributed by atoms with Crippen LogP contribution in [-0.4, -0.2) is 12.8 Å². The maximum Gasteiger partial charge on any atom is 0.102 e. The Morgan fingerprint density at radius 1 is 1.25 bits per heavy atom. The monoisotopic (exact) mass is 288 g/mol. The average Bonchev–Trinajstić information content (AvgIpc) is 2.52. The number of anilines is 1. The van der Waals surface area contributed by atoms with Gasteiger partial charge >= 0.3 is 0 Å². The van der Waals surface area contributed by atoms with Crippen molar-refractivity contribution in [1.82, 2.24) is 0 Å².